The van der Waals surface area contributed by atoms with Crippen molar-refractivity contribution in [3.05, 3.63) is 0 Å². The molecule has 2 heterocycles. The molecule has 0 saturated carbocycles. The molecular formula is C14H25N3O3S. The number of thioether (sulfide) groups is 1. The molecule has 0 aromatic rings. The van der Waals surface area contributed by atoms with Gasteiger partial charge >= 0.3 is 0 Å². The van der Waals surface area contributed by atoms with Gasteiger partial charge in [0.05, 0.1) is 13.2 Å². The molecular weight excluding hydrogens is 290 g/mol. The second-order valence-corrected chi connectivity index (χ2v) is 6.55. The third-order valence-electron chi connectivity index (χ3n) is 3.79. The molecule has 0 radical (unpaired) electrons. The minimum atomic E-state index is -0.410. The van der Waals surface area contributed by atoms with E-state index in [1.165, 1.54) is 0 Å². The largest absolute Gasteiger partial charge is 0.378 e. The van der Waals surface area contributed by atoms with Crippen LogP contribution in [0.4, 0.5) is 0 Å². The summed E-state index contributed by atoms with van der Waals surface area (Å²) in [4.78, 5) is 26.3. The second-order valence-electron chi connectivity index (χ2n) is 5.40. The molecule has 120 valence electrons. The van der Waals surface area contributed by atoms with E-state index >= 15 is 0 Å². The van der Waals surface area contributed by atoms with Gasteiger partial charge in [0.1, 0.15) is 6.04 Å². The van der Waals surface area contributed by atoms with Crippen molar-refractivity contribution in [2.75, 3.05) is 44.4 Å². The average molecular weight is 315 g/mol. The monoisotopic (exact) mass is 315 g/mol. The normalized spacial score (nSPS) is 24.4. The van der Waals surface area contributed by atoms with Gasteiger partial charge in [-0.1, -0.05) is 6.92 Å². The highest BCUT2D eigenvalue weighted by molar-refractivity contribution is 7.99. The molecule has 6 nitrogen and oxygen atoms in total. The Morgan fingerprint density at radius 3 is 2.81 bits per heavy atom. The molecule has 21 heavy (non-hydrogen) atoms. The van der Waals surface area contributed by atoms with Crippen molar-refractivity contribution in [3.63, 3.8) is 0 Å². The summed E-state index contributed by atoms with van der Waals surface area (Å²) < 4.78 is 5.25. The van der Waals surface area contributed by atoms with Crippen molar-refractivity contribution < 1.29 is 14.3 Å². The summed E-state index contributed by atoms with van der Waals surface area (Å²) in [6, 6.07) is -0.188. The lowest BCUT2D eigenvalue weighted by molar-refractivity contribution is -0.140. The molecule has 2 aliphatic rings. The Bertz CT molecular complexity index is 355. The molecule has 2 amide bonds. The van der Waals surface area contributed by atoms with Gasteiger partial charge in [0.2, 0.25) is 11.8 Å². The van der Waals surface area contributed by atoms with Crippen LogP contribution in [0.15, 0.2) is 0 Å². The van der Waals surface area contributed by atoms with Crippen molar-refractivity contribution in [1.82, 2.24) is 15.5 Å². The lowest BCUT2D eigenvalue weighted by Gasteiger charge is -2.30. The van der Waals surface area contributed by atoms with Gasteiger partial charge in [0.25, 0.3) is 0 Å². The number of rotatable bonds is 5. The van der Waals surface area contributed by atoms with E-state index < -0.39 is 6.04 Å². The molecule has 2 N–H and O–H groups in total. The number of nitrogens with zero attached hydrogens (tertiary/aromatic N) is 1. The summed E-state index contributed by atoms with van der Waals surface area (Å²) in [7, 11) is 0. The van der Waals surface area contributed by atoms with Crippen LogP contribution < -0.4 is 10.6 Å². The van der Waals surface area contributed by atoms with Crippen molar-refractivity contribution in [2.24, 2.45) is 0 Å². The lowest BCUT2D eigenvalue weighted by Crippen LogP contribution is -2.52. The first-order valence-corrected chi connectivity index (χ1v) is 8.83. The smallest absolute Gasteiger partial charge is 0.245 e. The Morgan fingerprint density at radius 1 is 1.43 bits per heavy atom. The quantitative estimate of drug-likeness (QED) is 0.737. The fourth-order valence-corrected chi connectivity index (χ4v) is 3.52. The van der Waals surface area contributed by atoms with Crippen LogP contribution in [-0.4, -0.2) is 73.2 Å². The van der Waals surface area contributed by atoms with Gasteiger partial charge < -0.3 is 20.3 Å². The van der Waals surface area contributed by atoms with Gasteiger partial charge in [-0.25, -0.2) is 0 Å². The van der Waals surface area contributed by atoms with Crippen LogP contribution in [-0.2, 0) is 14.3 Å². The SMILES string of the molecule is CCC(NC(=O)CC1CSCCN1)C(=O)N1CCOCC1. The Labute approximate surface area is 130 Å². The fraction of sp³-hybridized carbons (Fsp3) is 0.857. The van der Waals surface area contributed by atoms with Gasteiger partial charge in [-0.2, -0.15) is 11.8 Å². The molecule has 2 aliphatic heterocycles. The van der Waals surface area contributed by atoms with E-state index in [0.29, 0.717) is 39.1 Å². The second kappa shape index (κ2) is 8.60. The number of ether oxygens (including phenoxy) is 1. The minimum Gasteiger partial charge on any atom is -0.378 e. The summed E-state index contributed by atoms with van der Waals surface area (Å²) in [6.07, 6.45) is 1.06. The Morgan fingerprint density at radius 2 is 2.19 bits per heavy atom. The maximum absolute atomic E-state index is 12.4. The molecule has 0 spiro atoms. The summed E-state index contributed by atoms with van der Waals surface area (Å²) in [6.45, 7) is 5.28. The highest BCUT2D eigenvalue weighted by atomic mass is 32.2. The standard InChI is InChI=1S/C14H25N3O3S/c1-2-12(14(19)17-4-6-20-7-5-17)16-13(18)9-11-10-21-8-3-15-11/h11-12,15H,2-10H2,1H3,(H,16,18). The maximum atomic E-state index is 12.4. The number of morpholine rings is 1. The van der Waals surface area contributed by atoms with Crippen molar-refractivity contribution in [1.29, 1.82) is 0 Å². The lowest BCUT2D eigenvalue weighted by atomic mass is 10.1. The molecule has 0 aromatic carbocycles. The zero-order chi connectivity index (χ0) is 15.1. The average Bonchev–Trinajstić information content (AvgIpc) is 2.53. The van der Waals surface area contributed by atoms with E-state index in [4.69, 9.17) is 4.74 Å². The third-order valence-corrected chi connectivity index (χ3v) is 4.93. The van der Waals surface area contributed by atoms with E-state index in [1.807, 2.05) is 18.7 Å². The highest BCUT2D eigenvalue weighted by Gasteiger charge is 2.26. The molecule has 2 rings (SSSR count). The molecule has 0 aromatic heterocycles. The van der Waals surface area contributed by atoms with Crippen LogP contribution in [0, 0.1) is 0 Å². The van der Waals surface area contributed by atoms with Crippen molar-refractivity contribution in [3.8, 4) is 0 Å². The number of nitrogens with one attached hydrogen (secondary N) is 2. The van der Waals surface area contributed by atoms with Gasteiger partial charge in [0.15, 0.2) is 0 Å². The van der Waals surface area contributed by atoms with Crippen LogP contribution in [0.25, 0.3) is 0 Å². The van der Waals surface area contributed by atoms with Gasteiger partial charge in [-0.3, -0.25) is 9.59 Å². The molecule has 2 fully saturated rings. The van der Waals surface area contributed by atoms with Crippen LogP contribution in [0.3, 0.4) is 0 Å². The first kappa shape index (κ1) is 16.6. The number of carbonyl (C=O) groups excluding carboxylic acids is 2. The number of carbonyl (C=O) groups is 2. The summed E-state index contributed by atoms with van der Waals surface area (Å²) in [5, 5.41) is 6.23. The zero-order valence-electron chi connectivity index (χ0n) is 12.6. The molecule has 2 atom stereocenters. The third kappa shape index (κ3) is 5.16. The predicted molar refractivity (Wildman–Crippen MR) is 83.4 cm³/mol. The topological polar surface area (TPSA) is 70.7 Å². The maximum Gasteiger partial charge on any atom is 0.245 e. The summed E-state index contributed by atoms with van der Waals surface area (Å²) in [5.74, 6) is 2.04. The van der Waals surface area contributed by atoms with Crippen LogP contribution in [0.5, 0.6) is 0 Å². The zero-order valence-corrected chi connectivity index (χ0v) is 13.4. The Balaban J connectivity index is 1.79. The fourth-order valence-electron chi connectivity index (χ4n) is 2.57. The van der Waals surface area contributed by atoms with E-state index in [-0.39, 0.29) is 17.9 Å². The van der Waals surface area contributed by atoms with E-state index in [9.17, 15) is 9.59 Å². The molecule has 7 heteroatoms. The van der Waals surface area contributed by atoms with Crippen molar-refractivity contribution in [2.45, 2.75) is 31.8 Å². The van der Waals surface area contributed by atoms with E-state index in [0.717, 1.165) is 18.1 Å². The van der Waals surface area contributed by atoms with E-state index in [2.05, 4.69) is 10.6 Å². The van der Waals surface area contributed by atoms with Gasteiger partial charge in [0, 0.05) is 43.6 Å². The van der Waals surface area contributed by atoms with Gasteiger partial charge in [-0.05, 0) is 6.42 Å². The highest BCUT2D eigenvalue weighted by Crippen LogP contribution is 2.10. The summed E-state index contributed by atoms with van der Waals surface area (Å²) in [5.41, 5.74) is 0. The Hall–Kier alpha value is -0.790. The van der Waals surface area contributed by atoms with Gasteiger partial charge in [-0.15, -0.1) is 0 Å². The number of hydrogen-bond acceptors (Lipinski definition) is 5. The summed E-state index contributed by atoms with van der Waals surface area (Å²) >= 11 is 1.87. The molecule has 2 saturated heterocycles. The molecule has 0 aliphatic carbocycles. The van der Waals surface area contributed by atoms with E-state index in [1.54, 1.807) is 4.90 Å². The number of amides is 2. The predicted octanol–water partition coefficient (Wildman–Crippen LogP) is -0.165. The first-order chi connectivity index (χ1) is 10.2. The molecule has 0 bridgehead atoms. The molecule has 2 unspecified atom stereocenters. The van der Waals surface area contributed by atoms with Crippen LogP contribution >= 0.6 is 11.8 Å². The first-order valence-electron chi connectivity index (χ1n) is 7.67. The van der Waals surface area contributed by atoms with Crippen molar-refractivity contribution >= 4 is 23.6 Å². The number of hydrogen-bond donors (Lipinski definition) is 2. The van der Waals surface area contributed by atoms with Crippen LogP contribution in [0.2, 0.25) is 0 Å². The van der Waals surface area contributed by atoms with Crippen LogP contribution in [0.1, 0.15) is 19.8 Å². The Kier molecular flexibility index (Phi) is 6.79. The minimum absolute atomic E-state index is 0.0140.